The number of nitrogens with one attached hydrogen (secondary N) is 1. The van der Waals surface area contributed by atoms with Crippen molar-refractivity contribution in [3.8, 4) is 0 Å². The second-order valence-electron chi connectivity index (χ2n) is 10.9. The van der Waals surface area contributed by atoms with Crippen LogP contribution in [-0.2, 0) is 4.74 Å². The Bertz CT molecular complexity index is 1140. The predicted molar refractivity (Wildman–Crippen MR) is 152 cm³/mol. The molecule has 3 rings (SSSR count). The molecule has 0 fully saturated rings. The molecule has 1 aromatic heterocycles. The van der Waals surface area contributed by atoms with Gasteiger partial charge in [0.2, 0.25) is 0 Å². The summed E-state index contributed by atoms with van der Waals surface area (Å²) in [6.45, 7) is 9.51. The van der Waals surface area contributed by atoms with Crippen molar-refractivity contribution in [2.45, 2.75) is 70.6 Å². The summed E-state index contributed by atoms with van der Waals surface area (Å²) in [5.74, 6) is 0. The average molecular weight is 541 g/mol. The first-order valence-corrected chi connectivity index (χ1v) is 14.8. The van der Waals surface area contributed by atoms with Crippen LogP contribution in [0.25, 0.3) is 0 Å². The number of benzene rings is 2. The van der Waals surface area contributed by atoms with Crippen LogP contribution >= 0.6 is 11.6 Å². The van der Waals surface area contributed by atoms with Gasteiger partial charge in [-0.05, 0) is 55.1 Å². The summed E-state index contributed by atoms with van der Waals surface area (Å²) in [7, 11) is -3.13. The molecule has 3 N–H and O–H groups in total. The van der Waals surface area contributed by atoms with E-state index < -0.39 is 31.2 Å². The summed E-state index contributed by atoms with van der Waals surface area (Å²) in [4.78, 5) is 28.7. The molecule has 0 bridgehead atoms. The van der Waals surface area contributed by atoms with Crippen molar-refractivity contribution < 1.29 is 19.4 Å². The number of carbonyl (C=O) groups is 1. The number of pyridine rings is 1. The Kier molecular flexibility index (Phi) is 9.18. The Labute approximate surface area is 225 Å². The molecule has 37 heavy (non-hydrogen) atoms. The average Bonchev–Trinajstić information content (AvgIpc) is 2.84. The first-order chi connectivity index (χ1) is 17.3. The molecule has 6 nitrogen and oxygen atoms in total. The Morgan fingerprint density at radius 2 is 1.54 bits per heavy atom. The van der Waals surface area contributed by atoms with Crippen LogP contribution in [0.2, 0.25) is 10.2 Å². The smallest absolute Gasteiger partial charge is 0.412 e. The summed E-state index contributed by atoms with van der Waals surface area (Å²) in [5.41, 5.74) is 0.0355. The van der Waals surface area contributed by atoms with Gasteiger partial charge >= 0.3 is 6.09 Å². The second kappa shape index (κ2) is 11.8. The molecule has 198 valence electrons. The summed E-state index contributed by atoms with van der Waals surface area (Å²) in [5, 5.41) is 15.3. The van der Waals surface area contributed by atoms with Gasteiger partial charge < -0.3 is 14.6 Å². The number of nitrogens with zero attached hydrogens (tertiary/aromatic N) is 1. The number of ether oxygens (including phenoxy) is 1. The number of halogens is 1. The van der Waals surface area contributed by atoms with Gasteiger partial charge in [0.1, 0.15) is 5.60 Å². The van der Waals surface area contributed by atoms with Crippen LogP contribution in [-0.4, -0.2) is 34.9 Å². The quantitative estimate of drug-likeness (QED) is 0.235. The topological polar surface area (TPSA) is 91.7 Å². The molecule has 0 spiro atoms. The summed E-state index contributed by atoms with van der Waals surface area (Å²) in [6, 6.07) is 21.4. The summed E-state index contributed by atoms with van der Waals surface area (Å²) < 4.78 is 5.34. The van der Waals surface area contributed by atoms with Gasteiger partial charge in [-0.2, -0.15) is 0 Å². The van der Waals surface area contributed by atoms with Gasteiger partial charge in [-0.15, -0.1) is 0 Å². The Balaban J connectivity index is 1.78. The summed E-state index contributed by atoms with van der Waals surface area (Å²) >= 11 is 6.27. The number of carbonyl (C=O) groups excluding carboxylic acids is 1. The van der Waals surface area contributed by atoms with Gasteiger partial charge in [0.15, 0.2) is 5.15 Å². The Morgan fingerprint density at radius 1 is 1.00 bits per heavy atom. The number of anilines is 1. The third-order valence-electron chi connectivity index (χ3n) is 6.56. The van der Waals surface area contributed by atoms with E-state index >= 15 is 0 Å². The van der Waals surface area contributed by atoms with E-state index in [1.807, 2.05) is 60.7 Å². The molecular weight excluding hydrogens is 504 g/mol. The van der Waals surface area contributed by atoms with Gasteiger partial charge in [-0.1, -0.05) is 92.5 Å². The standard InChI is InChI=1S/C29H37ClN2O4Si/c1-28(2,3)36-27(34)32-25-23(18-20-31-26(25)30)24(33)17-12-19-29(4,5)37(35,21-13-8-6-9-14-21)22-15-10-7-11-16-22/h6-11,13-16,18,20,24,33,35H,12,17,19H2,1-5H3,(H,32,34). The maximum atomic E-state index is 12.4. The van der Waals surface area contributed by atoms with Crippen LogP contribution in [0.5, 0.6) is 0 Å². The van der Waals surface area contributed by atoms with Gasteiger partial charge in [-0.3, -0.25) is 5.32 Å². The normalized spacial score (nSPS) is 13.2. The molecule has 0 saturated heterocycles. The monoisotopic (exact) mass is 540 g/mol. The molecule has 8 heteroatoms. The van der Waals surface area contributed by atoms with Crippen LogP contribution < -0.4 is 15.7 Å². The number of aliphatic hydroxyl groups excluding tert-OH is 1. The maximum Gasteiger partial charge on any atom is 0.412 e. The lowest BCUT2D eigenvalue weighted by molar-refractivity contribution is 0.0635. The molecule has 0 aliphatic rings. The third kappa shape index (κ3) is 6.99. The number of amides is 1. The van der Waals surface area contributed by atoms with E-state index in [0.29, 0.717) is 24.8 Å². The largest absolute Gasteiger partial charge is 0.444 e. The van der Waals surface area contributed by atoms with E-state index in [-0.39, 0.29) is 10.8 Å². The van der Waals surface area contributed by atoms with E-state index in [1.54, 1.807) is 26.8 Å². The van der Waals surface area contributed by atoms with Gasteiger partial charge in [0.05, 0.1) is 11.8 Å². The molecule has 0 aliphatic heterocycles. The van der Waals surface area contributed by atoms with E-state index in [0.717, 1.165) is 10.4 Å². The first kappa shape index (κ1) is 28.9. The first-order valence-electron chi connectivity index (χ1n) is 12.5. The van der Waals surface area contributed by atoms with Crippen LogP contribution in [0.1, 0.15) is 65.5 Å². The van der Waals surface area contributed by atoms with E-state index in [1.165, 1.54) is 6.20 Å². The minimum Gasteiger partial charge on any atom is -0.444 e. The van der Waals surface area contributed by atoms with E-state index in [2.05, 4.69) is 24.1 Å². The fourth-order valence-corrected chi connectivity index (χ4v) is 8.63. The molecule has 0 saturated carbocycles. The van der Waals surface area contributed by atoms with Crippen molar-refractivity contribution >= 4 is 42.1 Å². The Hall–Kier alpha value is -2.71. The predicted octanol–water partition coefficient (Wildman–Crippen LogP) is 5.82. The maximum absolute atomic E-state index is 12.4. The lowest BCUT2D eigenvalue weighted by Crippen LogP contribution is -2.65. The molecule has 0 aliphatic carbocycles. The number of hydrogen-bond donors (Lipinski definition) is 3. The van der Waals surface area contributed by atoms with Gasteiger partial charge in [0, 0.05) is 11.8 Å². The van der Waals surface area contributed by atoms with Crippen molar-refractivity contribution in [3.05, 3.63) is 83.6 Å². The highest BCUT2D eigenvalue weighted by Crippen LogP contribution is 2.41. The number of aromatic nitrogens is 1. The van der Waals surface area contributed by atoms with E-state index in [9.17, 15) is 14.7 Å². The SMILES string of the molecule is CC(C)(C)OC(=O)Nc1c(C(O)CCCC(C)(C)[Si](O)(c2ccccc2)c2ccccc2)ccnc1Cl. The van der Waals surface area contributed by atoms with Gasteiger partial charge in [0.25, 0.3) is 8.32 Å². The van der Waals surface area contributed by atoms with Crippen molar-refractivity contribution in [1.82, 2.24) is 4.98 Å². The number of aliphatic hydroxyl groups is 1. The van der Waals surface area contributed by atoms with Gasteiger partial charge in [-0.25, -0.2) is 9.78 Å². The lowest BCUT2D eigenvalue weighted by Gasteiger charge is -2.41. The van der Waals surface area contributed by atoms with Crippen LogP contribution in [0, 0.1) is 0 Å². The van der Waals surface area contributed by atoms with Crippen molar-refractivity contribution in [2.75, 3.05) is 5.32 Å². The molecule has 1 unspecified atom stereocenters. The molecule has 1 amide bonds. The zero-order valence-electron chi connectivity index (χ0n) is 22.2. The van der Waals surface area contributed by atoms with Crippen LogP contribution in [0.4, 0.5) is 10.5 Å². The zero-order chi connectivity index (χ0) is 27.3. The molecular formula is C29H37ClN2O4Si. The fraction of sp³-hybridized carbons (Fsp3) is 0.379. The minimum atomic E-state index is -3.13. The van der Waals surface area contributed by atoms with Crippen molar-refractivity contribution in [3.63, 3.8) is 0 Å². The fourth-order valence-electron chi connectivity index (χ4n) is 4.64. The second-order valence-corrected chi connectivity index (χ2v) is 15.2. The molecule has 1 atom stereocenters. The van der Waals surface area contributed by atoms with Crippen LogP contribution in [0.3, 0.4) is 0 Å². The van der Waals surface area contributed by atoms with Crippen molar-refractivity contribution in [2.24, 2.45) is 0 Å². The van der Waals surface area contributed by atoms with Crippen molar-refractivity contribution in [1.29, 1.82) is 0 Å². The molecule has 0 radical (unpaired) electrons. The third-order valence-corrected chi connectivity index (χ3v) is 11.4. The highest BCUT2D eigenvalue weighted by molar-refractivity contribution is 6.98. The van der Waals surface area contributed by atoms with Crippen LogP contribution in [0.15, 0.2) is 72.9 Å². The number of hydrogen-bond acceptors (Lipinski definition) is 5. The molecule has 1 heterocycles. The number of rotatable bonds is 9. The zero-order valence-corrected chi connectivity index (χ0v) is 23.9. The highest BCUT2D eigenvalue weighted by atomic mass is 35.5. The molecule has 2 aromatic carbocycles. The highest BCUT2D eigenvalue weighted by Gasteiger charge is 2.49. The summed E-state index contributed by atoms with van der Waals surface area (Å²) in [6.07, 6.45) is 1.70. The lowest BCUT2D eigenvalue weighted by atomic mass is 9.99. The minimum absolute atomic E-state index is 0.0812. The Morgan fingerprint density at radius 3 is 2.05 bits per heavy atom. The van der Waals surface area contributed by atoms with E-state index in [4.69, 9.17) is 16.3 Å². The molecule has 3 aromatic rings.